The zero-order chi connectivity index (χ0) is 15.4. The van der Waals surface area contributed by atoms with E-state index in [1.807, 2.05) is 13.8 Å². The van der Waals surface area contributed by atoms with Crippen molar-refractivity contribution in [3.05, 3.63) is 39.3 Å². The lowest BCUT2D eigenvalue weighted by Gasteiger charge is -2.12. The molecule has 1 aromatic carbocycles. The molecule has 1 atom stereocenters. The lowest BCUT2D eigenvalue weighted by atomic mass is 10.2. The quantitative estimate of drug-likeness (QED) is 0.624. The molecule has 0 radical (unpaired) electrons. The van der Waals surface area contributed by atoms with Crippen LogP contribution in [0.2, 0.25) is 0 Å². The third kappa shape index (κ3) is 4.40. The first-order chi connectivity index (χ1) is 10.0. The number of non-ortho nitro benzene ring substituents is 1. The normalized spacial score (nSPS) is 11.7. The molecule has 0 spiro atoms. The Balaban J connectivity index is 0.00000242. The summed E-state index contributed by atoms with van der Waals surface area (Å²) in [6.45, 7) is 5.40. The van der Waals surface area contributed by atoms with Crippen molar-refractivity contribution in [2.24, 2.45) is 0 Å². The molecule has 1 amide bonds. The Morgan fingerprint density at radius 3 is 2.77 bits per heavy atom. The summed E-state index contributed by atoms with van der Waals surface area (Å²) in [7, 11) is 0. The summed E-state index contributed by atoms with van der Waals surface area (Å²) >= 11 is 1.34. The smallest absolute Gasteiger partial charge is 0.270 e. The van der Waals surface area contributed by atoms with Gasteiger partial charge in [0, 0.05) is 34.8 Å². The van der Waals surface area contributed by atoms with Gasteiger partial charge >= 0.3 is 0 Å². The number of halogens is 1. The summed E-state index contributed by atoms with van der Waals surface area (Å²) in [5.74, 6) is -0.149. The van der Waals surface area contributed by atoms with Crippen molar-refractivity contribution >= 4 is 45.4 Å². The van der Waals surface area contributed by atoms with E-state index in [2.05, 4.69) is 10.6 Å². The summed E-state index contributed by atoms with van der Waals surface area (Å²) in [4.78, 5) is 23.0. The van der Waals surface area contributed by atoms with Crippen LogP contribution in [0.1, 0.15) is 23.5 Å². The van der Waals surface area contributed by atoms with Crippen LogP contribution >= 0.6 is 23.7 Å². The first kappa shape index (κ1) is 18.3. The Bertz CT molecular complexity index is 674. The molecule has 120 valence electrons. The van der Waals surface area contributed by atoms with Gasteiger partial charge in [0.15, 0.2) is 0 Å². The zero-order valence-electron chi connectivity index (χ0n) is 12.3. The Kier molecular flexibility index (Phi) is 6.73. The maximum absolute atomic E-state index is 12.1. The molecule has 0 aliphatic carbocycles. The number of thiophene rings is 1. The second-order valence-corrected chi connectivity index (χ2v) is 5.84. The minimum absolute atomic E-state index is 0. The van der Waals surface area contributed by atoms with Crippen molar-refractivity contribution in [1.82, 2.24) is 10.6 Å². The highest BCUT2D eigenvalue weighted by Crippen LogP contribution is 2.28. The van der Waals surface area contributed by atoms with E-state index in [9.17, 15) is 14.9 Å². The number of rotatable bonds is 6. The van der Waals surface area contributed by atoms with Gasteiger partial charge in [-0.15, -0.1) is 23.7 Å². The summed E-state index contributed by atoms with van der Waals surface area (Å²) in [6, 6.07) is 6.52. The molecule has 0 saturated carbocycles. The van der Waals surface area contributed by atoms with Gasteiger partial charge in [-0.3, -0.25) is 14.9 Å². The minimum atomic E-state index is -0.436. The lowest BCUT2D eigenvalue weighted by molar-refractivity contribution is -0.384. The van der Waals surface area contributed by atoms with Gasteiger partial charge < -0.3 is 10.6 Å². The molecule has 1 aromatic heterocycles. The molecule has 8 heteroatoms. The number of nitro benzene ring substituents is 1. The predicted octanol–water partition coefficient (Wildman–Crippen LogP) is 2.96. The number of benzene rings is 1. The van der Waals surface area contributed by atoms with Crippen LogP contribution in [0.4, 0.5) is 5.69 Å². The number of hydrogen-bond donors (Lipinski definition) is 2. The van der Waals surface area contributed by atoms with Gasteiger partial charge in [-0.2, -0.15) is 0 Å². The van der Waals surface area contributed by atoms with E-state index in [0.717, 1.165) is 16.6 Å². The number of carbonyl (C=O) groups excluding carboxylic acids is 1. The molecule has 0 saturated heterocycles. The van der Waals surface area contributed by atoms with Gasteiger partial charge in [0.25, 0.3) is 11.6 Å². The van der Waals surface area contributed by atoms with E-state index in [1.54, 1.807) is 12.1 Å². The molecule has 0 aliphatic rings. The molecular weight excluding hydrogens is 326 g/mol. The van der Waals surface area contributed by atoms with Gasteiger partial charge in [0.05, 0.1) is 9.80 Å². The number of hydrogen-bond acceptors (Lipinski definition) is 5. The van der Waals surface area contributed by atoms with Gasteiger partial charge in [-0.05, 0) is 25.6 Å². The Labute approximate surface area is 138 Å². The van der Waals surface area contributed by atoms with E-state index in [4.69, 9.17) is 0 Å². The van der Waals surface area contributed by atoms with Crippen molar-refractivity contribution in [2.75, 3.05) is 13.1 Å². The highest BCUT2D eigenvalue weighted by Gasteiger charge is 2.13. The Morgan fingerprint density at radius 2 is 2.14 bits per heavy atom. The fourth-order valence-corrected chi connectivity index (χ4v) is 2.97. The van der Waals surface area contributed by atoms with Gasteiger partial charge in [0.1, 0.15) is 0 Å². The van der Waals surface area contributed by atoms with Crippen molar-refractivity contribution in [3.63, 3.8) is 0 Å². The SMILES string of the molecule is CCN[C@H](C)CNC(=O)c1cc2cc([N+](=O)[O-])ccc2s1.Cl. The number of carbonyl (C=O) groups is 1. The van der Waals surface area contributed by atoms with Gasteiger partial charge in [-0.1, -0.05) is 6.92 Å². The molecule has 2 rings (SSSR count). The standard InChI is InChI=1S/C14H17N3O3S.ClH/c1-3-15-9(2)8-16-14(18)13-7-10-6-11(17(19)20)4-5-12(10)21-13;/h4-7,9,15H,3,8H2,1-2H3,(H,16,18);1H/t9-;/m1./s1. The van der Waals surface area contributed by atoms with Crippen molar-refractivity contribution < 1.29 is 9.72 Å². The van der Waals surface area contributed by atoms with Gasteiger partial charge in [0.2, 0.25) is 0 Å². The highest BCUT2D eigenvalue weighted by molar-refractivity contribution is 7.20. The van der Waals surface area contributed by atoms with Crippen LogP contribution in [0.15, 0.2) is 24.3 Å². The molecule has 0 fully saturated rings. The monoisotopic (exact) mass is 343 g/mol. The van der Waals surface area contributed by atoms with Crippen LogP contribution in [0.5, 0.6) is 0 Å². The first-order valence-corrected chi connectivity index (χ1v) is 7.52. The van der Waals surface area contributed by atoms with Crippen LogP contribution < -0.4 is 10.6 Å². The first-order valence-electron chi connectivity index (χ1n) is 6.70. The largest absolute Gasteiger partial charge is 0.350 e. The van der Waals surface area contributed by atoms with E-state index < -0.39 is 4.92 Å². The molecule has 1 heterocycles. The zero-order valence-corrected chi connectivity index (χ0v) is 13.9. The molecule has 0 bridgehead atoms. The number of likely N-dealkylation sites (N-methyl/N-ethyl adjacent to an activating group) is 1. The Morgan fingerprint density at radius 1 is 1.41 bits per heavy atom. The summed E-state index contributed by atoms with van der Waals surface area (Å²) in [5.41, 5.74) is 0.0352. The second-order valence-electron chi connectivity index (χ2n) is 4.76. The van der Waals surface area contributed by atoms with Crippen molar-refractivity contribution in [1.29, 1.82) is 0 Å². The van der Waals surface area contributed by atoms with Crippen LogP contribution in [0, 0.1) is 10.1 Å². The number of nitrogens with one attached hydrogen (secondary N) is 2. The fourth-order valence-electron chi connectivity index (χ4n) is 2.01. The van der Waals surface area contributed by atoms with E-state index in [0.29, 0.717) is 11.4 Å². The minimum Gasteiger partial charge on any atom is -0.350 e. The number of amides is 1. The fraction of sp³-hybridized carbons (Fsp3) is 0.357. The number of nitro groups is 1. The third-order valence-electron chi connectivity index (χ3n) is 3.06. The number of fused-ring (bicyclic) bond motifs is 1. The van der Waals surface area contributed by atoms with Crippen molar-refractivity contribution in [3.8, 4) is 0 Å². The van der Waals surface area contributed by atoms with Gasteiger partial charge in [-0.25, -0.2) is 0 Å². The third-order valence-corrected chi connectivity index (χ3v) is 4.17. The molecule has 2 aromatic rings. The molecule has 0 aliphatic heterocycles. The van der Waals surface area contributed by atoms with Crippen LogP contribution in [-0.4, -0.2) is 30.0 Å². The summed E-state index contributed by atoms with van der Waals surface area (Å²) < 4.78 is 0.866. The number of nitrogens with zero attached hydrogens (tertiary/aromatic N) is 1. The molecule has 22 heavy (non-hydrogen) atoms. The van der Waals surface area contributed by atoms with E-state index >= 15 is 0 Å². The van der Waals surface area contributed by atoms with E-state index in [1.165, 1.54) is 23.5 Å². The lowest BCUT2D eigenvalue weighted by Crippen LogP contribution is -2.38. The maximum atomic E-state index is 12.1. The topological polar surface area (TPSA) is 84.3 Å². The molecule has 2 N–H and O–H groups in total. The average molecular weight is 344 g/mol. The summed E-state index contributed by atoms with van der Waals surface area (Å²) in [5, 5.41) is 17.5. The van der Waals surface area contributed by atoms with Crippen LogP contribution in [0.25, 0.3) is 10.1 Å². The van der Waals surface area contributed by atoms with Crippen molar-refractivity contribution in [2.45, 2.75) is 19.9 Å². The molecular formula is C14H18ClN3O3S. The summed E-state index contributed by atoms with van der Waals surface area (Å²) in [6.07, 6.45) is 0. The van der Waals surface area contributed by atoms with Crippen LogP contribution in [0.3, 0.4) is 0 Å². The Hall–Kier alpha value is -1.70. The molecule has 0 unspecified atom stereocenters. The maximum Gasteiger partial charge on any atom is 0.270 e. The highest BCUT2D eigenvalue weighted by atomic mass is 35.5. The van der Waals surface area contributed by atoms with E-state index in [-0.39, 0.29) is 30.0 Å². The van der Waals surface area contributed by atoms with Crippen LogP contribution in [-0.2, 0) is 0 Å². The molecule has 6 nitrogen and oxygen atoms in total. The predicted molar refractivity (Wildman–Crippen MR) is 91.2 cm³/mol. The average Bonchev–Trinajstić information content (AvgIpc) is 2.87. The second kappa shape index (κ2) is 8.07.